The Balaban J connectivity index is 1.56. The fourth-order valence-corrected chi connectivity index (χ4v) is 3.42. The number of hydrogen-bond donors (Lipinski definition) is 2. The van der Waals surface area contributed by atoms with Crippen LogP contribution in [0.1, 0.15) is 30.4 Å². The Morgan fingerprint density at radius 1 is 1.07 bits per heavy atom. The molecule has 3 rings (SSSR count). The lowest BCUT2D eigenvalue weighted by atomic mass is 10.1. The zero-order valence-electron chi connectivity index (χ0n) is 17.1. The highest BCUT2D eigenvalue weighted by atomic mass is 32.2. The first kappa shape index (κ1) is 21.5. The number of nitrogens with one attached hydrogen (secondary N) is 2. The molecule has 1 heterocycles. The summed E-state index contributed by atoms with van der Waals surface area (Å²) in [5, 5.41) is 10.8. The minimum Gasteiger partial charge on any atom is -0.421 e. The van der Waals surface area contributed by atoms with Crippen LogP contribution < -0.4 is 10.0 Å². The molecule has 0 aliphatic rings. The van der Waals surface area contributed by atoms with Gasteiger partial charge in [-0.3, -0.25) is 9.52 Å². The average molecular weight is 429 g/mol. The highest BCUT2D eigenvalue weighted by Gasteiger charge is 2.12. The summed E-state index contributed by atoms with van der Waals surface area (Å²) in [5.74, 6) is 0.602. The summed E-state index contributed by atoms with van der Waals surface area (Å²) in [7, 11) is -3.35. The minimum atomic E-state index is -3.35. The second-order valence-electron chi connectivity index (χ2n) is 6.95. The van der Waals surface area contributed by atoms with Crippen LogP contribution in [0.4, 0.5) is 11.4 Å². The van der Waals surface area contributed by atoms with Crippen LogP contribution in [0, 0.1) is 13.8 Å². The number of amides is 1. The van der Waals surface area contributed by atoms with Gasteiger partial charge in [0, 0.05) is 24.1 Å². The molecule has 0 atom stereocenters. The predicted octanol–water partition coefficient (Wildman–Crippen LogP) is 3.69. The van der Waals surface area contributed by atoms with Crippen molar-refractivity contribution in [2.24, 2.45) is 0 Å². The topological polar surface area (TPSA) is 114 Å². The zero-order chi connectivity index (χ0) is 21.7. The molecule has 0 saturated heterocycles. The minimum absolute atomic E-state index is 0.00771. The van der Waals surface area contributed by atoms with Gasteiger partial charge < -0.3 is 9.73 Å². The number of hydrogen-bond acceptors (Lipinski definition) is 6. The van der Waals surface area contributed by atoms with Crippen molar-refractivity contribution < 1.29 is 17.6 Å². The Bertz CT molecular complexity index is 1140. The first-order chi connectivity index (χ1) is 14.3. The van der Waals surface area contributed by atoms with E-state index in [9.17, 15) is 13.2 Å². The quantitative estimate of drug-likeness (QED) is 0.566. The van der Waals surface area contributed by atoms with E-state index in [1.165, 1.54) is 0 Å². The van der Waals surface area contributed by atoms with Crippen LogP contribution in [0.2, 0.25) is 0 Å². The number of anilines is 2. The van der Waals surface area contributed by atoms with Crippen LogP contribution >= 0.6 is 0 Å². The summed E-state index contributed by atoms with van der Waals surface area (Å²) in [4.78, 5) is 12.3. The number of benzene rings is 2. The summed E-state index contributed by atoms with van der Waals surface area (Å²) < 4.78 is 31.6. The maximum atomic E-state index is 12.3. The van der Waals surface area contributed by atoms with Crippen molar-refractivity contribution in [3.05, 3.63) is 59.5 Å². The Morgan fingerprint density at radius 2 is 1.80 bits per heavy atom. The number of rotatable bonds is 8. The lowest BCUT2D eigenvalue weighted by molar-refractivity contribution is -0.116. The van der Waals surface area contributed by atoms with Gasteiger partial charge in [0.2, 0.25) is 27.7 Å². The molecule has 0 spiro atoms. The molecule has 0 saturated carbocycles. The molecule has 1 aromatic heterocycles. The highest BCUT2D eigenvalue weighted by molar-refractivity contribution is 7.92. The monoisotopic (exact) mass is 428 g/mol. The van der Waals surface area contributed by atoms with E-state index in [0.717, 1.165) is 11.1 Å². The van der Waals surface area contributed by atoms with Gasteiger partial charge >= 0.3 is 0 Å². The second-order valence-corrected chi connectivity index (χ2v) is 8.96. The van der Waals surface area contributed by atoms with Crippen LogP contribution in [-0.4, -0.2) is 30.3 Å². The van der Waals surface area contributed by atoms with Crippen molar-refractivity contribution in [1.29, 1.82) is 0 Å². The van der Waals surface area contributed by atoms with Gasteiger partial charge in [-0.05, 0) is 56.7 Å². The summed E-state index contributed by atoms with van der Waals surface area (Å²) in [6.45, 7) is 5.34. The molecule has 0 unspecified atom stereocenters. The van der Waals surface area contributed by atoms with Crippen molar-refractivity contribution in [3.8, 4) is 11.5 Å². The van der Waals surface area contributed by atoms with Crippen LogP contribution in [0.5, 0.6) is 0 Å². The number of carbonyl (C=O) groups excluding carboxylic acids is 1. The summed E-state index contributed by atoms with van der Waals surface area (Å²) in [6, 6.07) is 12.7. The first-order valence-electron chi connectivity index (χ1n) is 9.56. The van der Waals surface area contributed by atoms with Gasteiger partial charge in [0.15, 0.2) is 0 Å². The third kappa shape index (κ3) is 5.66. The van der Waals surface area contributed by atoms with Crippen LogP contribution in [0.15, 0.2) is 46.9 Å². The van der Waals surface area contributed by atoms with Gasteiger partial charge in [-0.25, -0.2) is 8.42 Å². The number of aryl methyl sites for hydroxylation is 3. The lowest BCUT2D eigenvalue weighted by Gasteiger charge is -2.11. The van der Waals surface area contributed by atoms with Crippen molar-refractivity contribution >= 4 is 27.3 Å². The summed E-state index contributed by atoms with van der Waals surface area (Å²) in [6.07, 6.45) is 0.497. The Hall–Kier alpha value is -3.20. The third-order valence-corrected chi connectivity index (χ3v) is 5.78. The number of carbonyl (C=O) groups is 1. The molecule has 158 valence electrons. The van der Waals surface area contributed by atoms with E-state index in [4.69, 9.17) is 4.42 Å². The average Bonchev–Trinajstić information content (AvgIpc) is 3.18. The maximum Gasteiger partial charge on any atom is 0.247 e. The molecule has 2 N–H and O–H groups in total. The van der Waals surface area contributed by atoms with Crippen molar-refractivity contribution in [2.45, 2.75) is 33.6 Å². The van der Waals surface area contributed by atoms with Crippen LogP contribution in [-0.2, 0) is 21.2 Å². The van der Waals surface area contributed by atoms with Gasteiger partial charge in [-0.1, -0.05) is 17.7 Å². The van der Waals surface area contributed by atoms with Crippen LogP contribution in [0.25, 0.3) is 11.5 Å². The van der Waals surface area contributed by atoms with Gasteiger partial charge in [-0.15, -0.1) is 10.2 Å². The molecule has 0 bridgehead atoms. The van der Waals surface area contributed by atoms with Gasteiger partial charge in [-0.2, -0.15) is 0 Å². The van der Waals surface area contributed by atoms with E-state index in [1.54, 1.807) is 32.0 Å². The number of aromatic nitrogens is 2. The Kier molecular flexibility index (Phi) is 6.51. The van der Waals surface area contributed by atoms with Gasteiger partial charge in [0.25, 0.3) is 0 Å². The Labute approximate surface area is 175 Å². The molecule has 0 aliphatic carbocycles. The summed E-state index contributed by atoms with van der Waals surface area (Å²) in [5.41, 5.74) is 3.76. The highest BCUT2D eigenvalue weighted by Crippen LogP contribution is 2.22. The van der Waals surface area contributed by atoms with E-state index in [-0.39, 0.29) is 18.1 Å². The third-order valence-electron chi connectivity index (χ3n) is 4.49. The molecular weight excluding hydrogens is 404 g/mol. The molecular formula is C21H24N4O4S. The molecule has 2 aromatic carbocycles. The second kappa shape index (κ2) is 9.08. The molecule has 30 heavy (non-hydrogen) atoms. The van der Waals surface area contributed by atoms with Crippen molar-refractivity contribution in [1.82, 2.24) is 10.2 Å². The molecule has 8 nitrogen and oxygen atoms in total. The van der Waals surface area contributed by atoms with Crippen LogP contribution in [0.3, 0.4) is 0 Å². The van der Waals surface area contributed by atoms with E-state index >= 15 is 0 Å². The predicted molar refractivity (Wildman–Crippen MR) is 116 cm³/mol. The molecule has 3 aromatic rings. The number of sulfonamides is 1. The van der Waals surface area contributed by atoms with Gasteiger partial charge in [0.1, 0.15) is 0 Å². The fraction of sp³-hybridized carbons (Fsp3) is 0.286. The summed E-state index contributed by atoms with van der Waals surface area (Å²) >= 11 is 0. The largest absolute Gasteiger partial charge is 0.421 e. The lowest BCUT2D eigenvalue weighted by Crippen LogP contribution is -2.16. The van der Waals surface area contributed by atoms with Crippen molar-refractivity contribution in [3.63, 3.8) is 0 Å². The standard InChI is InChI=1S/C21H24N4O4S/c1-4-30(27,28)25-18-10-9-17(13-15(18)3)22-19(26)11-12-20-23-24-21(29-20)16-7-5-14(2)6-8-16/h5-10,13,25H,4,11-12H2,1-3H3,(H,22,26). The molecule has 1 amide bonds. The van der Waals surface area contributed by atoms with E-state index in [1.807, 2.05) is 31.2 Å². The SMILES string of the molecule is CCS(=O)(=O)Nc1ccc(NC(=O)CCc2nnc(-c3ccc(C)cc3)o2)cc1C. The first-order valence-corrected chi connectivity index (χ1v) is 11.2. The van der Waals surface area contributed by atoms with Gasteiger partial charge in [0.05, 0.1) is 11.4 Å². The normalized spacial score (nSPS) is 11.3. The van der Waals surface area contributed by atoms with Crippen molar-refractivity contribution in [2.75, 3.05) is 15.8 Å². The fourth-order valence-electron chi connectivity index (χ4n) is 2.71. The van der Waals surface area contributed by atoms with E-state index in [2.05, 4.69) is 20.2 Å². The molecule has 0 radical (unpaired) electrons. The smallest absolute Gasteiger partial charge is 0.247 e. The molecule has 0 aliphatic heterocycles. The van der Waals surface area contributed by atoms with E-state index < -0.39 is 10.0 Å². The number of nitrogens with zero attached hydrogens (tertiary/aromatic N) is 2. The Morgan fingerprint density at radius 3 is 2.47 bits per heavy atom. The maximum absolute atomic E-state index is 12.3. The zero-order valence-corrected chi connectivity index (χ0v) is 17.9. The van der Waals surface area contributed by atoms with E-state index in [0.29, 0.717) is 35.1 Å². The molecule has 0 fully saturated rings. The molecule has 9 heteroatoms.